The maximum absolute atomic E-state index is 12.4. The van der Waals surface area contributed by atoms with Gasteiger partial charge < -0.3 is 5.32 Å². The molecule has 6 nitrogen and oxygen atoms in total. The van der Waals surface area contributed by atoms with Crippen LogP contribution < -0.4 is 5.32 Å². The van der Waals surface area contributed by atoms with Crippen molar-refractivity contribution in [3.05, 3.63) is 34.3 Å². The second-order valence-corrected chi connectivity index (χ2v) is 6.33. The molecule has 0 saturated carbocycles. The number of hydrogen-bond acceptors (Lipinski definition) is 3. The number of carbonyl (C=O) groups is 1. The lowest BCUT2D eigenvalue weighted by atomic mass is 10.0. The van der Waals surface area contributed by atoms with E-state index in [1.54, 1.807) is 23.3 Å². The Kier molecular flexibility index (Phi) is 4.51. The van der Waals surface area contributed by atoms with E-state index in [1.807, 2.05) is 32.4 Å². The lowest BCUT2D eigenvalue weighted by Crippen LogP contribution is -2.44. The summed E-state index contributed by atoms with van der Waals surface area (Å²) in [5.74, 6) is -0.0817. The third-order valence-electron chi connectivity index (χ3n) is 3.62. The number of hydrogen-bond donors (Lipinski definition) is 1. The topological polar surface area (TPSA) is 64.7 Å². The number of nitrogens with one attached hydrogen (secondary N) is 1. The van der Waals surface area contributed by atoms with Crippen molar-refractivity contribution in [1.29, 1.82) is 0 Å². The Bertz CT molecular complexity index is 644. The fourth-order valence-electron chi connectivity index (χ4n) is 2.08. The van der Waals surface area contributed by atoms with E-state index in [4.69, 9.17) is 0 Å². The standard InChI is InChI=1S/C14H20BrN5O/c1-5-19-10(2)11(7-17-19)6-16-13(21)14(3,4)20-9-12(15)8-18-20/h7-9H,5-6H2,1-4H3,(H,16,21). The van der Waals surface area contributed by atoms with Crippen LogP contribution in [0.3, 0.4) is 0 Å². The molecule has 0 aliphatic rings. The van der Waals surface area contributed by atoms with Crippen LogP contribution >= 0.6 is 15.9 Å². The Morgan fingerprint density at radius 1 is 1.38 bits per heavy atom. The van der Waals surface area contributed by atoms with Gasteiger partial charge in [0.15, 0.2) is 0 Å². The van der Waals surface area contributed by atoms with Crippen molar-refractivity contribution in [1.82, 2.24) is 24.9 Å². The van der Waals surface area contributed by atoms with Crippen LogP contribution in [0, 0.1) is 6.92 Å². The summed E-state index contributed by atoms with van der Waals surface area (Å²) in [6, 6.07) is 0. The molecular weight excluding hydrogens is 334 g/mol. The molecule has 0 bridgehead atoms. The Balaban J connectivity index is 2.05. The monoisotopic (exact) mass is 353 g/mol. The smallest absolute Gasteiger partial charge is 0.247 e. The highest BCUT2D eigenvalue weighted by atomic mass is 79.9. The minimum Gasteiger partial charge on any atom is -0.350 e. The zero-order valence-corrected chi connectivity index (χ0v) is 14.3. The van der Waals surface area contributed by atoms with Crippen molar-refractivity contribution in [2.24, 2.45) is 0 Å². The number of aromatic nitrogens is 4. The zero-order chi connectivity index (χ0) is 15.6. The molecule has 0 aliphatic carbocycles. The van der Waals surface area contributed by atoms with Gasteiger partial charge in [-0.2, -0.15) is 10.2 Å². The summed E-state index contributed by atoms with van der Waals surface area (Å²) >= 11 is 3.34. The molecule has 2 rings (SSSR count). The average Bonchev–Trinajstić information content (AvgIpc) is 3.02. The first-order valence-electron chi connectivity index (χ1n) is 6.86. The Hall–Kier alpha value is -1.63. The summed E-state index contributed by atoms with van der Waals surface area (Å²) in [7, 11) is 0. The molecule has 2 aromatic heterocycles. The highest BCUT2D eigenvalue weighted by Crippen LogP contribution is 2.18. The van der Waals surface area contributed by atoms with Gasteiger partial charge in [-0.15, -0.1) is 0 Å². The Morgan fingerprint density at radius 2 is 2.10 bits per heavy atom. The van der Waals surface area contributed by atoms with Gasteiger partial charge in [-0.1, -0.05) is 0 Å². The fraction of sp³-hybridized carbons (Fsp3) is 0.500. The highest BCUT2D eigenvalue weighted by Gasteiger charge is 2.30. The minimum atomic E-state index is -0.749. The summed E-state index contributed by atoms with van der Waals surface area (Å²) in [4.78, 5) is 12.4. The van der Waals surface area contributed by atoms with Gasteiger partial charge in [-0.3, -0.25) is 14.2 Å². The van der Waals surface area contributed by atoms with E-state index in [1.165, 1.54) is 0 Å². The highest BCUT2D eigenvalue weighted by molar-refractivity contribution is 9.10. The van der Waals surface area contributed by atoms with Crippen LogP contribution in [0.5, 0.6) is 0 Å². The summed E-state index contributed by atoms with van der Waals surface area (Å²) in [6.07, 6.45) is 5.26. The van der Waals surface area contributed by atoms with Gasteiger partial charge in [-0.05, 0) is 43.6 Å². The molecule has 1 amide bonds. The third kappa shape index (κ3) is 3.18. The second kappa shape index (κ2) is 6.01. The first-order valence-corrected chi connectivity index (χ1v) is 7.65. The number of aryl methyl sites for hydroxylation is 1. The van der Waals surface area contributed by atoms with E-state index in [2.05, 4.69) is 31.4 Å². The maximum Gasteiger partial charge on any atom is 0.247 e. The molecule has 0 aromatic carbocycles. The molecule has 2 heterocycles. The van der Waals surface area contributed by atoms with Gasteiger partial charge >= 0.3 is 0 Å². The Morgan fingerprint density at radius 3 is 2.62 bits per heavy atom. The largest absolute Gasteiger partial charge is 0.350 e. The van der Waals surface area contributed by atoms with Crippen LogP contribution in [-0.2, 0) is 23.4 Å². The number of rotatable bonds is 5. The molecule has 0 saturated heterocycles. The SMILES string of the molecule is CCn1ncc(CNC(=O)C(C)(C)n2cc(Br)cn2)c1C. The summed E-state index contributed by atoms with van der Waals surface area (Å²) in [5.41, 5.74) is 1.36. The van der Waals surface area contributed by atoms with E-state index >= 15 is 0 Å². The van der Waals surface area contributed by atoms with E-state index < -0.39 is 5.54 Å². The Labute approximate surface area is 132 Å². The minimum absolute atomic E-state index is 0.0817. The lowest BCUT2D eigenvalue weighted by molar-refractivity contribution is -0.129. The van der Waals surface area contributed by atoms with Gasteiger partial charge in [0, 0.05) is 30.5 Å². The fourth-order valence-corrected chi connectivity index (χ4v) is 2.37. The van der Waals surface area contributed by atoms with E-state index in [0.29, 0.717) is 6.54 Å². The summed E-state index contributed by atoms with van der Waals surface area (Å²) in [6.45, 7) is 9.02. The maximum atomic E-state index is 12.4. The molecule has 0 fully saturated rings. The van der Waals surface area contributed by atoms with Crippen molar-refractivity contribution in [3.8, 4) is 0 Å². The third-order valence-corrected chi connectivity index (χ3v) is 4.03. The molecule has 0 radical (unpaired) electrons. The molecule has 0 spiro atoms. The average molecular weight is 354 g/mol. The zero-order valence-electron chi connectivity index (χ0n) is 12.7. The molecule has 0 aliphatic heterocycles. The molecular formula is C14H20BrN5O. The van der Waals surface area contributed by atoms with Crippen LogP contribution in [0.1, 0.15) is 32.0 Å². The van der Waals surface area contributed by atoms with Gasteiger partial charge in [0.25, 0.3) is 0 Å². The molecule has 0 unspecified atom stereocenters. The molecule has 2 aromatic rings. The summed E-state index contributed by atoms with van der Waals surface area (Å²) in [5, 5.41) is 11.4. The first kappa shape index (κ1) is 15.8. The van der Waals surface area contributed by atoms with E-state index in [-0.39, 0.29) is 5.91 Å². The van der Waals surface area contributed by atoms with Crippen molar-refractivity contribution in [2.45, 2.75) is 46.3 Å². The predicted octanol–water partition coefficient (Wildman–Crippen LogP) is 2.22. The van der Waals surface area contributed by atoms with Crippen molar-refractivity contribution >= 4 is 21.8 Å². The normalized spacial score (nSPS) is 11.7. The number of amides is 1. The van der Waals surface area contributed by atoms with Crippen molar-refractivity contribution < 1.29 is 4.79 Å². The number of halogens is 1. The van der Waals surface area contributed by atoms with Crippen LogP contribution in [0.15, 0.2) is 23.1 Å². The molecule has 7 heteroatoms. The van der Waals surface area contributed by atoms with Gasteiger partial charge in [0.1, 0.15) is 5.54 Å². The van der Waals surface area contributed by atoms with Crippen molar-refractivity contribution in [3.63, 3.8) is 0 Å². The van der Waals surface area contributed by atoms with Crippen LogP contribution in [0.4, 0.5) is 0 Å². The van der Waals surface area contributed by atoms with Crippen molar-refractivity contribution in [2.75, 3.05) is 0 Å². The van der Waals surface area contributed by atoms with Gasteiger partial charge in [0.2, 0.25) is 5.91 Å². The molecule has 21 heavy (non-hydrogen) atoms. The summed E-state index contributed by atoms with van der Waals surface area (Å²) < 4.78 is 4.41. The predicted molar refractivity (Wildman–Crippen MR) is 83.7 cm³/mol. The lowest BCUT2D eigenvalue weighted by Gasteiger charge is -2.24. The van der Waals surface area contributed by atoms with E-state index in [9.17, 15) is 4.79 Å². The quantitative estimate of drug-likeness (QED) is 0.896. The molecule has 0 atom stereocenters. The molecule has 114 valence electrons. The van der Waals surface area contributed by atoms with E-state index in [0.717, 1.165) is 22.3 Å². The van der Waals surface area contributed by atoms with Crippen LogP contribution in [-0.4, -0.2) is 25.5 Å². The van der Waals surface area contributed by atoms with Gasteiger partial charge in [0.05, 0.1) is 16.9 Å². The van der Waals surface area contributed by atoms with Crippen LogP contribution in [0.25, 0.3) is 0 Å². The number of carbonyl (C=O) groups excluding carboxylic acids is 1. The van der Waals surface area contributed by atoms with Crippen LogP contribution in [0.2, 0.25) is 0 Å². The molecule has 1 N–H and O–H groups in total. The second-order valence-electron chi connectivity index (χ2n) is 5.42. The van der Waals surface area contributed by atoms with Gasteiger partial charge in [-0.25, -0.2) is 0 Å². The number of nitrogens with zero attached hydrogens (tertiary/aromatic N) is 4. The first-order chi connectivity index (χ1) is 9.86.